The molecule has 2 N–H and O–H groups in total. The Bertz CT molecular complexity index is 535. The van der Waals surface area contributed by atoms with E-state index in [1.807, 2.05) is 0 Å². The van der Waals surface area contributed by atoms with Crippen molar-refractivity contribution in [3.63, 3.8) is 0 Å². The highest BCUT2D eigenvalue weighted by Gasteiger charge is 2.06. The lowest BCUT2D eigenvalue weighted by Crippen LogP contribution is -1.92. The van der Waals surface area contributed by atoms with Gasteiger partial charge in [0.15, 0.2) is 0 Å². The number of hydrogen-bond acceptors (Lipinski definition) is 1. The molecule has 1 nitrogen and oxygen atoms in total. The van der Waals surface area contributed by atoms with E-state index < -0.39 is 0 Å². The van der Waals surface area contributed by atoms with E-state index in [0.29, 0.717) is 22.4 Å². The molecule has 0 atom stereocenters. The molecule has 0 bridgehead atoms. The van der Waals surface area contributed by atoms with E-state index in [-0.39, 0.29) is 11.6 Å². The molecule has 2 aromatic rings. The summed E-state index contributed by atoms with van der Waals surface area (Å²) < 4.78 is 26.4. The van der Waals surface area contributed by atoms with Crippen molar-refractivity contribution in [2.24, 2.45) is 0 Å². The first-order valence-corrected chi connectivity index (χ1v) is 4.89. The Hall–Kier alpha value is -1.90. The van der Waals surface area contributed by atoms with Gasteiger partial charge in [0.05, 0.1) is 0 Å². The summed E-state index contributed by atoms with van der Waals surface area (Å²) in [6.45, 7) is 1.67. The van der Waals surface area contributed by atoms with E-state index in [1.54, 1.807) is 19.1 Å². The van der Waals surface area contributed by atoms with Crippen molar-refractivity contribution < 1.29 is 8.78 Å². The average Bonchev–Trinajstić information content (AvgIpc) is 2.26. The van der Waals surface area contributed by atoms with Crippen LogP contribution in [0.3, 0.4) is 0 Å². The number of rotatable bonds is 1. The third kappa shape index (κ3) is 1.89. The summed E-state index contributed by atoms with van der Waals surface area (Å²) in [5.41, 5.74) is 7.81. The summed E-state index contributed by atoms with van der Waals surface area (Å²) in [5, 5.41) is 0. The van der Waals surface area contributed by atoms with Crippen molar-refractivity contribution in [2.45, 2.75) is 6.92 Å². The van der Waals surface area contributed by atoms with E-state index in [4.69, 9.17) is 5.73 Å². The maximum Gasteiger partial charge on any atom is 0.126 e. The van der Waals surface area contributed by atoms with E-state index in [1.165, 1.54) is 24.3 Å². The molecule has 0 spiro atoms. The normalized spacial score (nSPS) is 10.4. The van der Waals surface area contributed by atoms with Gasteiger partial charge in [-0.3, -0.25) is 0 Å². The zero-order valence-electron chi connectivity index (χ0n) is 8.80. The van der Waals surface area contributed by atoms with E-state index >= 15 is 0 Å². The molecule has 0 amide bonds. The van der Waals surface area contributed by atoms with Gasteiger partial charge in [0, 0.05) is 11.3 Å². The molecule has 0 aliphatic carbocycles. The molecule has 0 saturated carbocycles. The highest BCUT2D eigenvalue weighted by atomic mass is 19.1. The number of nitrogen functional groups attached to an aromatic ring is 1. The molecule has 2 aromatic carbocycles. The molecule has 16 heavy (non-hydrogen) atoms. The lowest BCUT2D eigenvalue weighted by Gasteiger charge is -2.07. The summed E-state index contributed by atoms with van der Waals surface area (Å²) in [5.74, 6) is -0.702. The maximum absolute atomic E-state index is 13.4. The van der Waals surface area contributed by atoms with Gasteiger partial charge < -0.3 is 5.73 Å². The Morgan fingerprint density at radius 3 is 2.44 bits per heavy atom. The van der Waals surface area contributed by atoms with Gasteiger partial charge in [0.25, 0.3) is 0 Å². The Kier molecular flexibility index (Phi) is 2.60. The molecule has 0 radical (unpaired) electrons. The molecular weight excluding hydrogens is 208 g/mol. The SMILES string of the molecule is Cc1ccc(-c2cc(F)ccc2N)cc1F. The van der Waals surface area contributed by atoms with Gasteiger partial charge in [-0.25, -0.2) is 8.78 Å². The number of anilines is 1. The number of hydrogen-bond donors (Lipinski definition) is 1. The van der Waals surface area contributed by atoms with Crippen LogP contribution in [-0.2, 0) is 0 Å². The van der Waals surface area contributed by atoms with Crippen LogP contribution in [0.15, 0.2) is 36.4 Å². The summed E-state index contributed by atoms with van der Waals surface area (Å²) in [6, 6.07) is 8.80. The van der Waals surface area contributed by atoms with Gasteiger partial charge in [0.1, 0.15) is 11.6 Å². The van der Waals surface area contributed by atoms with Crippen molar-refractivity contribution in [2.75, 3.05) is 5.73 Å². The predicted octanol–water partition coefficient (Wildman–Crippen LogP) is 3.52. The van der Waals surface area contributed by atoms with Gasteiger partial charge in [-0.15, -0.1) is 0 Å². The number of aryl methyl sites for hydroxylation is 1. The van der Waals surface area contributed by atoms with Crippen molar-refractivity contribution >= 4 is 5.69 Å². The van der Waals surface area contributed by atoms with Gasteiger partial charge in [0.2, 0.25) is 0 Å². The second kappa shape index (κ2) is 3.93. The second-order valence-corrected chi connectivity index (χ2v) is 3.70. The fourth-order valence-corrected chi connectivity index (χ4v) is 1.54. The largest absolute Gasteiger partial charge is 0.398 e. The Morgan fingerprint density at radius 1 is 1.00 bits per heavy atom. The molecule has 0 aliphatic rings. The summed E-state index contributed by atoms with van der Waals surface area (Å²) in [7, 11) is 0. The van der Waals surface area contributed by atoms with Crippen molar-refractivity contribution in [1.29, 1.82) is 0 Å². The summed E-state index contributed by atoms with van der Waals surface area (Å²) in [4.78, 5) is 0. The Morgan fingerprint density at radius 2 is 1.75 bits per heavy atom. The topological polar surface area (TPSA) is 26.0 Å². The van der Waals surface area contributed by atoms with Crippen LogP contribution in [0.5, 0.6) is 0 Å². The first kappa shape index (κ1) is 10.6. The van der Waals surface area contributed by atoms with Gasteiger partial charge in [-0.2, -0.15) is 0 Å². The maximum atomic E-state index is 13.4. The third-order valence-electron chi connectivity index (χ3n) is 2.50. The predicted molar refractivity (Wildman–Crippen MR) is 60.9 cm³/mol. The lowest BCUT2D eigenvalue weighted by atomic mass is 10.0. The average molecular weight is 219 g/mol. The van der Waals surface area contributed by atoms with Crippen LogP contribution in [0.2, 0.25) is 0 Å². The highest BCUT2D eigenvalue weighted by molar-refractivity contribution is 5.76. The summed E-state index contributed by atoms with van der Waals surface area (Å²) in [6.07, 6.45) is 0. The molecular formula is C13H11F2N. The standard InChI is InChI=1S/C13H11F2N/c1-8-2-3-9(6-12(8)15)11-7-10(14)4-5-13(11)16/h2-7H,16H2,1H3. The van der Waals surface area contributed by atoms with Crippen molar-refractivity contribution in [3.05, 3.63) is 53.6 Å². The fourth-order valence-electron chi connectivity index (χ4n) is 1.54. The van der Waals surface area contributed by atoms with Crippen LogP contribution < -0.4 is 5.73 Å². The van der Waals surface area contributed by atoms with Gasteiger partial charge in [-0.1, -0.05) is 12.1 Å². The monoisotopic (exact) mass is 219 g/mol. The van der Waals surface area contributed by atoms with Crippen LogP contribution in [-0.4, -0.2) is 0 Å². The van der Waals surface area contributed by atoms with Crippen LogP contribution in [0.25, 0.3) is 11.1 Å². The van der Waals surface area contributed by atoms with Crippen LogP contribution in [0, 0.1) is 18.6 Å². The van der Waals surface area contributed by atoms with Crippen LogP contribution in [0.1, 0.15) is 5.56 Å². The molecule has 82 valence electrons. The van der Waals surface area contributed by atoms with Crippen LogP contribution in [0.4, 0.5) is 14.5 Å². The quantitative estimate of drug-likeness (QED) is 0.729. The van der Waals surface area contributed by atoms with E-state index in [9.17, 15) is 8.78 Å². The molecule has 0 heterocycles. The minimum Gasteiger partial charge on any atom is -0.398 e. The molecule has 0 aliphatic heterocycles. The van der Waals surface area contributed by atoms with E-state index in [0.717, 1.165) is 0 Å². The first-order chi connectivity index (χ1) is 7.58. The number of benzene rings is 2. The molecule has 0 fully saturated rings. The second-order valence-electron chi connectivity index (χ2n) is 3.70. The molecule has 0 aromatic heterocycles. The molecule has 0 saturated heterocycles. The Labute approximate surface area is 92.5 Å². The zero-order chi connectivity index (χ0) is 11.7. The zero-order valence-corrected chi connectivity index (χ0v) is 8.80. The summed E-state index contributed by atoms with van der Waals surface area (Å²) >= 11 is 0. The molecule has 3 heteroatoms. The van der Waals surface area contributed by atoms with E-state index in [2.05, 4.69) is 0 Å². The highest BCUT2D eigenvalue weighted by Crippen LogP contribution is 2.27. The first-order valence-electron chi connectivity index (χ1n) is 4.89. The Balaban J connectivity index is 2.58. The van der Waals surface area contributed by atoms with Gasteiger partial charge in [-0.05, 0) is 42.3 Å². The number of halogens is 2. The van der Waals surface area contributed by atoms with Gasteiger partial charge >= 0.3 is 0 Å². The third-order valence-corrected chi connectivity index (χ3v) is 2.50. The fraction of sp³-hybridized carbons (Fsp3) is 0.0769. The number of nitrogens with two attached hydrogens (primary N) is 1. The molecule has 0 unspecified atom stereocenters. The minimum atomic E-state index is -0.384. The van der Waals surface area contributed by atoms with Crippen LogP contribution >= 0.6 is 0 Å². The van der Waals surface area contributed by atoms with Crippen molar-refractivity contribution in [3.8, 4) is 11.1 Å². The minimum absolute atomic E-state index is 0.318. The lowest BCUT2D eigenvalue weighted by molar-refractivity contribution is 0.618. The van der Waals surface area contributed by atoms with Crippen molar-refractivity contribution in [1.82, 2.24) is 0 Å². The smallest absolute Gasteiger partial charge is 0.126 e. The molecule has 2 rings (SSSR count).